The topological polar surface area (TPSA) is 57.4 Å². The first kappa shape index (κ1) is 15.1. The molecular weight excluding hydrogens is 278 g/mol. The van der Waals surface area contributed by atoms with Crippen molar-refractivity contribution in [2.45, 2.75) is 19.0 Å². The van der Waals surface area contributed by atoms with Crippen molar-refractivity contribution < 1.29 is 5.11 Å². The highest BCUT2D eigenvalue weighted by molar-refractivity contribution is 5.20. The fraction of sp³-hybridized carbons (Fsp3) is 0.500. The lowest BCUT2D eigenvalue weighted by Crippen LogP contribution is -2.51. The van der Waals surface area contributed by atoms with Crippen LogP contribution in [-0.4, -0.2) is 68.8 Å². The van der Waals surface area contributed by atoms with Gasteiger partial charge < -0.3 is 10.0 Å². The van der Waals surface area contributed by atoms with E-state index in [1.54, 1.807) is 12.4 Å². The first-order valence-corrected chi connectivity index (χ1v) is 7.75. The van der Waals surface area contributed by atoms with E-state index in [1.807, 2.05) is 22.9 Å². The molecule has 1 fully saturated rings. The van der Waals surface area contributed by atoms with E-state index in [-0.39, 0.29) is 6.61 Å². The van der Waals surface area contributed by atoms with Gasteiger partial charge in [-0.15, -0.1) is 0 Å². The summed E-state index contributed by atoms with van der Waals surface area (Å²) in [4.78, 5) is 13.4. The third-order valence-electron chi connectivity index (χ3n) is 4.31. The van der Waals surface area contributed by atoms with Crippen LogP contribution in [0.4, 0.5) is 0 Å². The molecule has 22 heavy (non-hydrogen) atoms. The van der Waals surface area contributed by atoms with Gasteiger partial charge in [-0.2, -0.15) is 0 Å². The number of aliphatic hydroxyl groups excluding tert-OH is 1. The van der Waals surface area contributed by atoms with Gasteiger partial charge in [-0.05, 0) is 31.7 Å². The van der Waals surface area contributed by atoms with Crippen LogP contribution in [0.5, 0.6) is 0 Å². The molecular formula is C16H23N5O. The average molecular weight is 301 g/mol. The average Bonchev–Trinajstić information content (AvgIpc) is 3.00. The zero-order valence-corrected chi connectivity index (χ0v) is 13.0. The van der Waals surface area contributed by atoms with Crippen molar-refractivity contribution in [1.82, 2.24) is 24.3 Å². The molecule has 6 heteroatoms. The molecule has 3 rings (SSSR count). The van der Waals surface area contributed by atoms with Gasteiger partial charge in [0.25, 0.3) is 0 Å². The summed E-state index contributed by atoms with van der Waals surface area (Å²) in [6.07, 6.45) is 6.36. The molecule has 1 N–H and O–H groups in total. The number of nitrogens with zero attached hydrogens (tertiary/aromatic N) is 5. The molecule has 3 heterocycles. The summed E-state index contributed by atoms with van der Waals surface area (Å²) in [5, 5.41) is 9.21. The number of likely N-dealkylation sites (N-methyl/N-ethyl adjacent to an activating group) is 1. The normalized spacial score (nSPS) is 20.4. The molecule has 0 saturated carbocycles. The lowest BCUT2D eigenvalue weighted by atomic mass is 10.1. The third kappa shape index (κ3) is 3.35. The monoisotopic (exact) mass is 301 g/mol. The van der Waals surface area contributed by atoms with Crippen molar-refractivity contribution >= 4 is 0 Å². The highest BCUT2D eigenvalue weighted by Gasteiger charge is 2.24. The molecule has 1 atom stereocenters. The summed E-state index contributed by atoms with van der Waals surface area (Å²) in [6.45, 7) is 4.18. The van der Waals surface area contributed by atoms with E-state index in [2.05, 4.69) is 32.9 Å². The van der Waals surface area contributed by atoms with Gasteiger partial charge in [-0.25, -0.2) is 9.97 Å². The maximum atomic E-state index is 9.21. The second-order valence-electron chi connectivity index (χ2n) is 5.80. The molecule has 0 aromatic carbocycles. The Morgan fingerprint density at radius 3 is 2.82 bits per heavy atom. The van der Waals surface area contributed by atoms with Crippen LogP contribution in [0.15, 0.2) is 36.8 Å². The summed E-state index contributed by atoms with van der Waals surface area (Å²) in [7, 11) is 2.14. The van der Waals surface area contributed by atoms with Crippen molar-refractivity contribution in [3.05, 3.63) is 42.5 Å². The van der Waals surface area contributed by atoms with Gasteiger partial charge >= 0.3 is 0 Å². The highest BCUT2D eigenvalue weighted by Crippen LogP contribution is 2.16. The van der Waals surface area contributed by atoms with Gasteiger partial charge in [0.15, 0.2) is 0 Å². The maximum Gasteiger partial charge on any atom is 0.233 e. The Morgan fingerprint density at radius 2 is 2.05 bits per heavy atom. The number of aromatic nitrogens is 3. The summed E-state index contributed by atoms with van der Waals surface area (Å²) in [5.74, 6) is 0.712. The smallest absolute Gasteiger partial charge is 0.233 e. The van der Waals surface area contributed by atoms with Crippen molar-refractivity contribution in [2.24, 2.45) is 0 Å². The molecule has 0 aliphatic carbocycles. The molecule has 1 saturated heterocycles. The Labute approximate surface area is 131 Å². The summed E-state index contributed by atoms with van der Waals surface area (Å²) in [5.41, 5.74) is 1.19. The van der Waals surface area contributed by atoms with E-state index in [0.29, 0.717) is 12.0 Å². The minimum Gasteiger partial charge on any atom is -0.396 e. The first-order valence-electron chi connectivity index (χ1n) is 7.75. The first-order chi connectivity index (χ1) is 10.8. The Kier molecular flexibility index (Phi) is 4.82. The van der Waals surface area contributed by atoms with Crippen LogP contribution < -0.4 is 0 Å². The second kappa shape index (κ2) is 7.00. The van der Waals surface area contributed by atoms with E-state index in [1.165, 1.54) is 5.69 Å². The van der Waals surface area contributed by atoms with Gasteiger partial charge in [-0.1, -0.05) is 0 Å². The minimum atomic E-state index is 0.247. The van der Waals surface area contributed by atoms with Gasteiger partial charge in [0.1, 0.15) is 0 Å². The predicted molar refractivity (Wildman–Crippen MR) is 84.8 cm³/mol. The lowest BCUT2D eigenvalue weighted by molar-refractivity contribution is 0.0733. The van der Waals surface area contributed by atoms with Crippen LogP contribution in [-0.2, 0) is 6.54 Å². The van der Waals surface area contributed by atoms with Crippen molar-refractivity contribution in [3.8, 4) is 5.95 Å². The zero-order valence-electron chi connectivity index (χ0n) is 13.0. The predicted octanol–water partition coefficient (Wildman–Crippen LogP) is 0.766. The Hall–Kier alpha value is -1.76. The molecule has 0 amide bonds. The van der Waals surface area contributed by atoms with Gasteiger partial charge in [0, 0.05) is 63.1 Å². The number of hydrogen-bond acceptors (Lipinski definition) is 5. The van der Waals surface area contributed by atoms with Crippen molar-refractivity contribution in [1.29, 1.82) is 0 Å². The zero-order chi connectivity index (χ0) is 15.4. The van der Waals surface area contributed by atoms with Crippen LogP contribution in [0.1, 0.15) is 12.1 Å². The molecule has 118 valence electrons. The summed E-state index contributed by atoms with van der Waals surface area (Å²) in [6, 6.07) is 6.41. The summed E-state index contributed by atoms with van der Waals surface area (Å²) < 4.78 is 2.04. The molecule has 0 unspecified atom stereocenters. The number of hydrogen-bond donors (Lipinski definition) is 1. The van der Waals surface area contributed by atoms with E-state index >= 15 is 0 Å². The quantitative estimate of drug-likeness (QED) is 0.884. The van der Waals surface area contributed by atoms with Gasteiger partial charge in [0.05, 0.1) is 0 Å². The van der Waals surface area contributed by atoms with Crippen molar-refractivity contribution in [2.75, 3.05) is 33.3 Å². The summed E-state index contributed by atoms with van der Waals surface area (Å²) >= 11 is 0. The number of aliphatic hydroxyl groups is 1. The van der Waals surface area contributed by atoms with Crippen LogP contribution in [0.25, 0.3) is 5.95 Å². The SMILES string of the molecule is CN1CCN(Cc2cccn2-c2ncccn2)C[C@@H]1CCO. The molecule has 0 bridgehead atoms. The fourth-order valence-electron chi connectivity index (χ4n) is 3.00. The third-order valence-corrected chi connectivity index (χ3v) is 4.31. The Bertz CT molecular complexity index is 585. The molecule has 2 aromatic heterocycles. The van der Waals surface area contributed by atoms with E-state index in [0.717, 1.165) is 32.6 Å². The molecule has 0 spiro atoms. The Morgan fingerprint density at radius 1 is 1.23 bits per heavy atom. The standard InChI is InChI=1S/C16H23N5O/c1-19-9-10-20(12-14(19)5-11-22)13-15-4-2-8-21(15)16-17-6-3-7-18-16/h2-4,6-8,14,22H,5,9-13H2,1H3/t14-/m0/s1. The second-order valence-corrected chi connectivity index (χ2v) is 5.80. The number of rotatable bonds is 5. The van der Waals surface area contributed by atoms with Crippen LogP contribution in [0.3, 0.4) is 0 Å². The molecule has 1 aliphatic heterocycles. The number of piperazine rings is 1. The van der Waals surface area contributed by atoms with Crippen LogP contribution in [0, 0.1) is 0 Å². The van der Waals surface area contributed by atoms with E-state index in [9.17, 15) is 5.11 Å². The van der Waals surface area contributed by atoms with Crippen LogP contribution in [0.2, 0.25) is 0 Å². The highest BCUT2D eigenvalue weighted by atomic mass is 16.3. The van der Waals surface area contributed by atoms with E-state index in [4.69, 9.17) is 0 Å². The molecule has 1 aliphatic rings. The van der Waals surface area contributed by atoms with Crippen LogP contribution >= 0.6 is 0 Å². The molecule has 6 nitrogen and oxygen atoms in total. The molecule has 0 radical (unpaired) electrons. The van der Waals surface area contributed by atoms with Crippen molar-refractivity contribution in [3.63, 3.8) is 0 Å². The lowest BCUT2D eigenvalue weighted by Gasteiger charge is -2.39. The van der Waals surface area contributed by atoms with Gasteiger partial charge in [-0.3, -0.25) is 9.47 Å². The van der Waals surface area contributed by atoms with E-state index < -0.39 is 0 Å². The fourth-order valence-corrected chi connectivity index (χ4v) is 3.00. The Balaban J connectivity index is 1.70. The minimum absolute atomic E-state index is 0.247. The largest absolute Gasteiger partial charge is 0.396 e. The molecule has 2 aromatic rings. The maximum absolute atomic E-state index is 9.21. The van der Waals surface area contributed by atoms with Gasteiger partial charge in [0.2, 0.25) is 5.95 Å².